The highest BCUT2D eigenvalue weighted by Crippen LogP contribution is 2.25. The van der Waals surface area contributed by atoms with Crippen LogP contribution in [-0.2, 0) is 21.2 Å². The zero-order valence-electron chi connectivity index (χ0n) is 15.8. The summed E-state index contributed by atoms with van der Waals surface area (Å²) in [6.07, 6.45) is 0.124. The first-order chi connectivity index (χ1) is 13.7. The van der Waals surface area contributed by atoms with Crippen molar-refractivity contribution in [2.45, 2.75) is 31.2 Å². The molecular weight excluding hydrogens is 430 g/mol. The summed E-state index contributed by atoms with van der Waals surface area (Å²) in [4.78, 5) is 16.9. The lowest BCUT2D eigenvalue weighted by molar-refractivity contribution is -0.115. The number of nitrogens with one attached hydrogen (secondary N) is 2. The normalized spacial score (nSPS) is 11.6. The third kappa shape index (κ3) is 5.86. The van der Waals surface area contributed by atoms with Crippen molar-refractivity contribution in [3.63, 3.8) is 0 Å². The summed E-state index contributed by atoms with van der Waals surface area (Å²) in [5.74, 6) is -0.228. The van der Waals surface area contributed by atoms with Crippen molar-refractivity contribution in [3.05, 3.63) is 64.6 Å². The minimum Gasteiger partial charge on any atom is -0.326 e. The minimum atomic E-state index is -3.56. The summed E-state index contributed by atoms with van der Waals surface area (Å²) in [6, 6.07) is 13.2. The van der Waals surface area contributed by atoms with Gasteiger partial charge >= 0.3 is 0 Å². The van der Waals surface area contributed by atoms with E-state index in [9.17, 15) is 13.2 Å². The molecule has 1 heterocycles. The van der Waals surface area contributed by atoms with Gasteiger partial charge in [-0.05, 0) is 50.2 Å². The Morgan fingerprint density at radius 3 is 2.38 bits per heavy atom. The summed E-state index contributed by atoms with van der Waals surface area (Å²) in [6.45, 7) is 3.51. The number of carbonyl (C=O) groups is 1. The van der Waals surface area contributed by atoms with Crippen molar-refractivity contribution < 1.29 is 13.2 Å². The summed E-state index contributed by atoms with van der Waals surface area (Å²) in [7, 11) is -3.56. The average molecular weight is 450 g/mol. The van der Waals surface area contributed by atoms with Crippen LogP contribution in [0.1, 0.15) is 19.5 Å². The first kappa shape index (κ1) is 21.4. The van der Waals surface area contributed by atoms with E-state index in [0.29, 0.717) is 16.4 Å². The SMILES string of the molecule is CC(C)NS(=O)(=O)c1ccc(NC(=O)Cc2csc(-c3ccc(Cl)cc3)n2)cc1. The Bertz CT molecular complexity index is 1090. The molecule has 0 aliphatic heterocycles. The molecule has 29 heavy (non-hydrogen) atoms. The maximum absolute atomic E-state index is 12.3. The predicted molar refractivity (Wildman–Crippen MR) is 117 cm³/mol. The van der Waals surface area contributed by atoms with E-state index in [1.807, 2.05) is 17.5 Å². The number of benzene rings is 2. The van der Waals surface area contributed by atoms with Gasteiger partial charge in [-0.15, -0.1) is 11.3 Å². The lowest BCUT2D eigenvalue weighted by Gasteiger charge is -2.10. The van der Waals surface area contributed by atoms with Crippen molar-refractivity contribution in [2.24, 2.45) is 0 Å². The van der Waals surface area contributed by atoms with Gasteiger partial charge in [-0.1, -0.05) is 23.7 Å². The first-order valence-electron chi connectivity index (χ1n) is 8.85. The Morgan fingerprint density at radius 1 is 1.10 bits per heavy atom. The minimum absolute atomic E-state index is 0.124. The summed E-state index contributed by atoms with van der Waals surface area (Å²) in [5, 5.41) is 6.08. The quantitative estimate of drug-likeness (QED) is 0.561. The van der Waals surface area contributed by atoms with Gasteiger partial charge in [0, 0.05) is 27.7 Å². The fourth-order valence-corrected chi connectivity index (χ4v) is 4.78. The Balaban J connectivity index is 1.62. The predicted octanol–water partition coefficient (Wildman–Crippen LogP) is 4.33. The molecule has 0 saturated carbocycles. The molecular formula is C20H20ClN3O3S2. The van der Waals surface area contributed by atoms with Crippen molar-refractivity contribution >= 4 is 44.6 Å². The first-order valence-corrected chi connectivity index (χ1v) is 11.6. The number of thiazole rings is 1. The molecule has 3 aromatic rings. The molecule has 3 rings (SSSR count). The largest absolute Gasteiger partial charge is 0.326 e. The molecule has 0 spiro atoms. The number of halogens is 1. The molecule has 0 saturated heterocycles. The van der Waals surface area contributed by atoms with Crippen LogP contribution >= 0.6 is 22.9 Å². The van der Waals surface area contributed by atoms with Crippen molar-refractivity contribution in [3.8, 4) is 10.6 Å². The molecule has 1 amide bonds. The molecule has 0 fully saturated rings. The smallest absolute Gasteiger partial charge is 0.240 e. The highest BCUT2D eigenvalue weighted by molar-refractivity contribution is 7.89. The Morgan fingerprint density at radius 2 is 1.76 bits per heavy atom. The van der Waals surface area contributed by atoms with E-state index >= 15 is 0 Å². The second-order valence-corrected chi connectivity index (χ2v) is 9.68. The molecule has 0 aliphatic rings. The number of hydrogen-bond donors (Lipinski definition) is 2. The van der Waals surface area contributed by atoms with Crippen molar-refractivity contribution in [2.75, 3.05) is 5.32 Å². The van der Waals surface area contributed by atoms with Gasteiger partial charge in [0.15, 0.2) is 0 Å². The molecule has 152 valence electrons. The van der Waals surface area contributed by atoms with Gasteiger partial charge in [0.25, 0.3) is 0 Å². The molecule has 1 aromatic heterocycles. The van der Waals surface area contributed by atoms with E-state index in [0.717, 1.165) is 10.6 Å². The van der Waals surface area contributed by atoms with E-state index < -0.39 is 10.0 Å². The lowest BCUT2D eigenvalue weighted by atomic mass is 10.2. The molecule has 0 atom stereocenters. The maximum Gasteiger partial charge on any atom is 0.240 e. The summed E-state index contributed by atoms with van der Waals surface area (Å²) >= 11 is 7.36. The second kappa shape index (κ2) is 9.04. The standard InChI is InChI=1S/C20H20ClN3O3S2/c1-13(2)24-29(26,27)18-9-7-16(8-10-18)22-19(25)11-17-12-28-20(23-17)14-3-5-15(21)6-4-14/h3-10,12-13,24H,11H2,1-2H3,(H,22,25). The van der Waals surface area contributed by atoms with Crippen LogP contribution in [0.25, 0.3) is 10.6 Å². The Hall–Kier alpha value is -2.26. The van der Waals surface area contributed by atoms with Gasteiger partial charge in [-0.25, -0.2) is 18.1 Å². The van der Waals surface area contributed by atoms with Crippen LogP contribution in [0.2, 0.25) is 5.02 Å². The number of anilines is 1. The second-order valence-electron chi connectivity index (χ2n) is 6.68. The molecule has 2 aromatic carbocycles. The van der Waals surface area contributed by atoms with E-state index in [4.69, 9.17) is 11.6 Å². The third-order valence-electron chi connectivity index (χ3n) is 3.82. The lowest BCUT2D eigenvalue weighted by Crippen LogP contribution is -2.30. The van der Waals surface area contributed by atoms with Crippen LogP contribution in [0.3, 0.4) is 0 Å². The van der Waals surface area contributed by atoms with Crippen LogP contribution in [0.15, 0.2) is 58.8 Å². The molecule has 0 aliphatic carbocycles. The van der Waals surface area contributed by atoms with E-state index in [-0.39, 0.29) is 23.3 Å². The van der Waals surface area contributed by atoms with Crippen LogP contribution < -0.4 is 10.0 Å². The number of aromatic nitrogens is 1. The highest BCUT2D eigenvalue weighted by atomic mass is 35.5. The zero-order valence-corrected chi connectivity index (χ0v) is 18.2. The Labute approximate surface area is 179 Å². The van der Waals surface area contributed by atoms with Crippen molar-refractivity contribution in [1.29, 1.82) is 0 Å². The molecule has 0 radical (unpaired) electrons. The molecule has 6 nitrogen and oxygen atoms in total. The van der Waals surface area contributed by atoms with Gasteiger partial charge in [-0.3, -0.25) is 4.79 Å². The summed E-state index contributed by atoms with van der Waals surface area (Å²) in [5.41, 5.74) is 2.13. The number of hydrogen-bond acceptors (Lipinski definition) is 5. The zero-order chi connectivity index (χ0) is 21.0. The topological polar surface area (TPSA) is 88.2 Å². The van der Waals surface area contributed by atoms with Gasteiger partial charge in [0.2, 0.25) is 15.9 Å². The maximum atomic E-state index is 12.3. The van der Waals surface area contributed by atoms with Crippen LogP contribution in [0.4, 0.5) is 5.69 Å². The highest BCUT2D eigenvalue weighted by Gasteiger charge is 2.15. The van der Waals surface area contributed by atoms with E-state index in [1.54, 1.807) is 38.1 Å². The average Bonchev–Trinajstić information content (AvgIpc) is 3.10. The van der Waals surface area contributed by atoms with Gasteiger partial charge in [0.05, 0.1) is 17.0 Å². The number of carbonyl (C=O) groups excluding carboxylic acids is 1. The molecule has 2 N–H and O–H groups in total. The van der Waals surface area contributed by atoms with Gasteiger partial charge in [0.1, 0.15) is 5.01 Å². The van der Waals surface area contributed by atoms with Crippen molar-refractivity contribution in [1.82, 2.24) is 9.71 Å². The van der Waals surface area contributed by atoms with Gasteiger partial charge < -0.3 is 5.32 Å². The fraction of sp³-hybridized carbons (Fsp3) is 0.200. The number of nitrogens with zero attached hydrogens (tertiary/aromatic N) is 1. The molecule has 9 heteroatoms. The summed E-state index contributed by atoms with van der Waals surface area (Å²) < 4.78 is 26.8. The fourth-order valence-electron chi connectivity index (χ4n) is 2.58. The van der Waals surface area contributed by atoms with E-state index in [2.05, 4.69) is 15.0 Å². The number of sulfonamides is 1. The third-order valence-corrected chi connectivity index (χ3v) is 6.69. The Kier molecular flexibility index (Phi) is 6.69. The van der Waals surface area contributed by atoms with Crippen LogP contribution in [0, 0.1) is 0 Å². The number of amides is 1. The van der Waals surface area contributed by atoms with Crippen LogP contribution in [-0.4, -0.2) is 25.4 Å². The molecule has 0 unspecified atom stereocenters. The van der Waals surface area contributed by atoms with E-state index in [1.165, 1.54) is 23.5 Å². The molecule has 0 bridgehead atoms. The number of rotatable bonds is 7. The van der Waals surface area contributed by atoms with Crippen LogP contribution in [0.5, 0.6) is 0 Å². The monoisotopic (exact) mass is 449 g/mol. The van der Waals surface area contributed by atoms with Gasteiger partial charge in [-0.2, -0.15) is 0 Å².